The van der Waals surface area contributed by atoms with Gasteiger partial charge in [-0.05, 0) is 48.0 Å². The highest BCUT2D eigenvalue weighted by Gasteiger charge is 2.23. The van der Waals surface area contributed by atoms with Gasteiger partial charge in [-0.3, -0.25) is 0 Å². The van der Waals surface area contributed by atoms with Gasteiger partial charge in [-0.1, -0.05) is 139 Å². The molecule has 6 heteroatoms. The molecular weight excluding hydrogens is 717 g/mol. The Morgan fingerprint density at radius 2 is 1.18 bits per heavy atom. The molecule has 8 aromatic carbocycles. The zero-order valence-corrected chi connectivity index (χ0v) is 30.8. The van der Waals surface area contributed by atoms with E-state index in [2.05, 4.69) is 6.07 Å². The molecule has 0 amide bonds. The molecule has 0 radical (unpaired) electrons. The first-order chi connectivity index (χ1) is 30.7. The molecule has 0 N–H and O–H groups in total. The number of hydrogen-bond acceptors (Lipinski definition) is 5. The van der Waals surface area contributed by atoms with Crippen molar-refractivity contribution in [1.29, 1.82) is 0 Å². The number of rotatable bonds is 5. The van der Waals surface area contributed by atoms with E-state index in [-0.39, 0.29) is 36.3 Å². The predicted octanol–water partition coefficient (Wildman–Crippen LogP) is 13.9. The van der Waals surface area contributed by atoms with Gasteiger partial charge in [-0.25, -0.2) is 15.0 Å². The molecule has 266 valence electrons. The summed E-state index contributed by atoms with van der Waals surface area (Å²) in [6, 6.07) is 46.1. The van der Waals surface area contributed by atoms with Gasteiger partial charge < -0.3 is 8.98 Å². The van der Waals surface area contributed by atoms with Crippen LogP contribution in [0.2, 0.25) is 0 Å². The molecule has 4 aromatic heterocycles. The van der Waals surface area contributed by atoms with Crippen LogP contribution in [0.3, 0.4) is 0 Å². The number of hydrogen-bond donors (Lipinski definition) is 0. The summed E-state index contributed by atoms with van der Waals surface area (Å²) in [4.78, 5) is 15.3. The molecule has 0 saturated carbocycles. The molecule has 0 spiro atoms. The van der Waals surface area contributed by atoms with E-state index in [1.165, 1.54) is 23.5 Å². The number of nitrogens with zero attached hydrogens (tertiary/aromatic N) is 4. The molecule has 0 aliphatic rings. The van der Waals surface area contributed by atoms with Gasteiger partial charge in [-0.2, -0.15) is 0 Å². The first-order valence-corrected chi connectivity index (χ1v) is 19.3. The fourth-order valence-electron chi connectivity index (χ4n) is 8.10. The Hall–Kier alpha value is -7.41. The first-order valence-electron chi connectivity index (χ1n) is 21.5. The Morgan fingerprint density at radius 1 is 0.474 bits per heavy atom. The fourth-order valence-corrected chi connectivity index (χ4v) is 9.13. The van der Waals surface area contributed by atoms with Crippen molar-refractivity contribution < 1.29 is 12.6 Å². The van der Waals surface area contributed by atoms with Gasteiger partial charge in [0.2, 0.25) is 0 Å². The van der Waals surface area contributed by atoms with Crippen LogP contribution < -0.4 is 0 Å². The normalized spacial score (nSPS) is 13.3. The van der Waals surface area contributed by atoms with Gasteiger partial charge >= 0.3 is 0 Å². The predicted molar refractivity (Wildman–Crippen MR) is 236 cm³/mol. The van der Waals surface area contributed by atoms with Crippen LogP contribution in [0, 0.1) is 0 Å². The summed E-state index contributed by atoms with van der Waals surface area (Å²) < 4.78 is 64.3. The third-order valence-electron chi connectivity index (χ3n) is 10.6. The van der Waals surface area contributed by atoms with Crippen LogP contribution >= 0.6 is 11.3 Å². The Morgan fingerprint density at radius 3 is 1.98 bits per heavy atom. The summed E-state index contributed by atoms with van der Waals surface area (Å²) >= 11 is 1.36. The van der Waals surface area contributed by atoms with Crippen LogP contribution in [0.5, 0.6) is 0 Å². The number of fused-ring (bicyclic) bond motifs is 10. The third-order valence-corrected chi connectivity index (χ3v) is 11.7. The summed E-state index contributed by atoms with van der Waals surface area (Å²) in [5.41, 5.74) is 6.99. The Kier molecular flexibility index (Phi) is 5.82. The van der Waals surface area contributed by atoms with Gasteiger partial charge in [0.1, 0.15) is 11.2 Å². The molecule has 5 nitrogen and oxygen atoms in total. The van der Waals surface area contributed by atoms with Gasteiger partial charge in [0.15, 0.2) is 17.5 Å². The van der Waals surface area contributed by atoms with Crippen molar-refractivity contribution in [1.82, 2.24) is 19.5 Å². The van der Waals surface area contributed by atoms with Crippen LogP contribution in [0.15, 0.2) is 186 Å². The summed E-state index contributed by atoms with van der Waals surface area (Å²) in [7, 11) is 0. The van der Waals surface area contributed by atoms with Crippen molar-refractivity contribution in [3.63, 3.8) is 0 Å². The van der Waals surface area contributed by atoms with Crippen LogP contribution in [0.4, 0.5) is 0 Å². The van der Waals surface area contributed by atoms with Crippen LogP contribution in [-0.2, 0) is 0 Å². The van der Waals surface area contributed by atoms with E-state index in [0.717, 1.165) is 48.9 Å². The van der Waals surface area contributed by atoms with E-state index in [0.29, 0.717) is 66.0 Å². The maximum Gasteiger partial charge on any atom is 0.166 e. The smallest absolute Gasteiger partial charge is 0.166 e. The highest BCUT2D eigenvalue weighted by atomic mass is 32.1. The molecule has 0 saturated heterocycles. The van der Waals surface area contributed by atoms with Crippen molar-refractivity contribution in [3.8, 4) is 51.0 Å². The average Bonchev–Trinajstić information content (AvgIpc) is 4.01. The lowest BCUT2D eigenvalue weighted by Crippen LogP contribution is -2.04. The topological polar surface area (TPSA) is 56.7 Å². The number of benzene rings is 8. The molecular formula is C51H30N4OS. The number of furan rings is 1. The third kappa shape index (κ3) is 4.98. The summed E-state index contributed by atoms with van der Waals surface area (Å²) in [6.07, 6.45) is 0. The van der Waals surface area contributed by atoms with Gasteiger partial charge in [0, 0.05) is 64.0 Å². The maximum atomic E-state index is 9.55. The molecule has 12 aromatic rings. The first kappa shape index (κ1) is 26.4. The Balaban J connectivity index is 1.25. The molecule has 0 fully saturated rings. The second-order valence-corrected chi connectivity index (χ2v) is 14.9. The summed E-state index contributed by atoms with van der Waals surface area (Å²) in [6.45, 7) is 0. The molecule has 0 atom stereocenters. The van der Waals surface area contributed by atoms with Crippen LogP contribution in [-0.4, -0.2) is 19.5 Å². The van der Waals surface area contributed by atoms with Gasteiger partial charge in [0.05, 0.1) is 24.9 Å². The number of aromatic nitrogens is 4. The number of para-hydroxylation sites is 3. The highest BCUT2D eigenvalue weighted by molar-refractivity contribution is 7.26. The van der Waals surface area contributed by atoms with E-state index in [1.807, 2.05) is 132 Å². The Bertz CT molecular complexity index is 3830. The minimum absolute atomic E-state index is 0.0195. The van der Waals surface area contributed by atoms with Crippen LogP contribution in [0.1, 0.15) is 8.22 Å². The van der Waals surface area contributed by atoms with Gasteiger partial charge in [0.25, 0.3) is 0 Å². The lowest BCUT2D eigenvalue weighted by Gasteiger charge is -2.16. The van der Waals surface area contributed by atoms with E-state index in [9.17, 15) is 2.74 Å². The lowest BCUT2D eigenvalue weighted by atomic mass is 9.99. The average molecular weight is 753 g/mol. The van der Waals surface area contributed by atoms with E-state index >= 15 is 0 Å². The van der Waals surface area contributed by atoms with Crippen molar-refractivity contribution >= 4 is 75.3 Å². The molecule has 12 rings (SSSR count). The molecule has 0 unspecified atom stereocenters. The van der Waals surface area contributed by atoms with Crippen molar-refractivity contribution in [2.24, 2.45) is 0 Å². The highest BCUT2D eigenvalue weighted by Crippen LogP contribution is 2.45. The second kappa shape index (κ2) is 12.6. The number of thiophene rings is 1. The zero-order chi connectivity index (χ0) is 42.7. The largest absolute Gasteiger partial charge is 0.455 e. The van der Waals surface area contributed by atoms with Crippen molar-refractivity contribution in [3.05, 3.63) is 182 Å². The van der Waals surface area contributed by atoms with Gasteiger partial charge in [-0.15, -0.1) is 11.3 Å². The van der Waals surface area contributed by atoms with E-state index < -0.39 is 0 Å². The summed E-state index contributed by atoms with van der Waals surface area (Å²) in [5, 5.41) is 3.98. The minimum atomic E-state index is -0.112. The Labute approximate surface area is 339 Å². The zero-order valence-electron chi connectivity index (χ0n) is 36.0. The van der Waals surface area contributed by atoms with Crippen LogP contribution in [0.25, 0.3) is 115 Å². The fraction of sp³-hybridized carbons (Fsp3) is 0. The molecule has 57 heavy (non-hydrogen) atoms. The monoisotopic (exact) mass is 752 g/mol. The van der Waals surface area contributed by atoms with Crippen molar-refractivity contribution in [2.45, 2.75) is 0 Å². The second-order valence-electron chi connectivity index (χ2n) is 13.9. The van der Waals surface area contributed by atoms with Crippen molar-refractivity contribution in [2.75, 3.05) is 0 Å². The summed E-state index contributed by atoms with van der Waals surface area (Å²) in [5.74, 6) is 1.33. The SMILES string of the molecule is [2H]c1cc([2H])c2sc3ccc4c(c5c([2H])c([2H])cc([2H])c5n4-c4cc(-c5cccc6c5oc5ccccc56)ccc4-c4nc(-c5ccccc5)nc(-c5ccccc5)n4)c3c2c1[2H]. The lowest BCUT2D eigenvalue weighted by molar-refractivity contribution is 0.670. The van der Waals surface area contributed by atoms with E-state index in [1.54, 1.807) is 0 Å². The quantitative estimate of drug-likeness (QED) is 0.176. The molecule has 0 aliphatic heterocycles. The standard InChI is InChI=1S/C51H30N4OS/c1-3-14-31(15-4-1)49-52-50(32-16-5-2-6-17-32)54-51(53-49)38-27-26-33(34-21-13-22-36-35-18-8-11-24-43(35)56-48(34)36)30-42(38)55-40-23-10-7-19-37(40)46-41(55)28-29-45-47(46)39-20-9-12-25-44(39)57-45/h1-30H/i7D,9D,19D,20D,23D,25D. The maximum absolute atomic E-state index is 9.55. The molecule has 4 heterocycles. The molecule has 0 bridgehead atoms. The molecule has 0 aliphatic carbocycles. The van der Waals surface area contributed by atoms with E-state index in [4.69, 9.17) is 24.9 Å². The minimum Gasteiger partial charge on any atom is -0.455 e.